The molecule has 2 aromatic heterocycles. The predicted molar refractivity (Wildman–Crippen MR) is 106 cm³/mol. The van der Waals surface area contributed by atoms with Gasteiger partial charge in [0.25, 0.3) is 0 Å². The highest BCUT2D eigenvalue weighted by molar-refractivity contribution is 7.11. The zero-order valence-corrected chi connectivity index (χ0v) is 15.6. The predicted octanol–water partition coefficient (Wildman–Crippen LogP) is 5.35. The number of nitrogens with zero attached hydrogens (tertiary/aromatic N) is 2. The summed E-state index contributed by atoms with van der Waals surface area (Å²) in [6.45, 7) is 2.09. The van der Waals surface area contributed by atoms with Gasteiger partial charge in [-0.1, -0.05) is 35.9 Å². The lowest BCUT2D eigenvalue weighted by Gasteiger charge is -2.09. The smallest absolute Gasteiger partial charge is 0.161 e. The van der Waals surface area contributed by atoms with Gasteiger partial charge >= 0.3 is 0 Å². The molecular formula is C21H18N2O2S. The van der Waals surface area contributed by atoms with Crippen molar-refractivity contribution in [2.24, 2.45) is 0 Å². The summed E-state index contributed by atoms with van der Waals surface area (Å²) in [6.07, 6.45) is 1.89. The van der Waals surface area contributed by atoms with Gasteiger partial charge in [0.05, 0.1) is 19.1 Å². The first-order chi connectivity index (χ1) is 12.7. The van der Waals surface area contributed by atoms with Crippen molar-refractivity contribution in [2.45, 2.75) is 6.92 Å². The molecule has 2 heterocycles. The molecule has 2 aromatic carbocycles. The minimum absolute atomic E-state index is 0.698. The molecule has 26 heavy (non-hydrogen) atoms. The second-order valence-electron chi connectivity index (χ2n) is 6.04. The number of aryl methyl sites for hydroxylation is 1. The molecule has 0 aliphatic rings. The third-order valence-electron chi connectivity index (χ3n) is 4.32. The van der Waals surface area contributed by atoms with Gasteiger partial charge in [0.2, 0.25) is 0 Å². The van der Waals surface area contributed by atoms with Crippen LogP contribution in [-0.2, 0) is 0 Å². The van der Waals surface area contributed by atoms with E-state index in [0.717, 1.165) is 32.6 Å². The number of hydrogen-bond acceptors (Lipinski definition) is 5. The van der Waals surface area contributed by atoms with E-state index < -0.39 is 0 Å². The van der Waals surface area contributed by atoms with Crippen LogP contribution in [0.1, 0.15) is 5.56 Å². The molecule has 0 bridgehead atoms. The Labute approximate surface area is 156 Å². The minimum Gasteiger partial charge on any atom is -0.493 e. The van der Waals surface area contributed by atoms with Crippen LogP contribution in [-0.4, -0.2) is 23.6 Å². The Morgan fingerprint density at radius 1 is 0.846 bits per heavy atom. The summed E-state index contributed by atoms with van der Waals surface area (Å²) >= 11 is 1.49. The van der Waals surface area contributed by atoms with Gasteiger partial charge in [0.15, 0.2) is 11.5 Å². The maximum atomic E-state index is 5.40. The van der Waals surface area contributed by atoms with Crippen molar-refractivity contribution < 1.29 is 9.47 Å². The standard InChI is InChI=1S/C21H18N2O2S/c1-13-5-4-6-15(9-13)21-20-17(23-26-21)10-16(12-22-20)14-7-8-18(24-2)19(11-14)25-3/h4-12H,1-3H3. The summed E-state index contributed by atoms with van der Waals surface area (Å²) in [5, 5.41) is 0. The van der Waals surface area contributed by atoms with Crippen molar-refractivity contribution in [1.82, 2.24) is 9.36 Å². The molecule has 4 nitrogen and oxygen atoms in total. The van der Waals surface area contributed by atoms with Crippen LogP contribution in [0.25, 0.3) is 32.6 Å². The fraction of sp³-hybridized carbons (Fsp3) is 0.143. The molecule has 4 rings (SSSR count). The Morgan fingerprint density at radius 2 is 1.69 bits per heavy atom. The number of rotatable bonds is 4. The fourth-order valence-corrected chi connectivity index (χ4v) is 3.79. The highest BCUT2D eigenvalue weighted by Crippen LogP contribution is 2.35. The molecule has 4 aromatic rings. The normalized spacial score (nSPS) is 10.9. The largest absolute Gasteiger partial charge is 0.493 e. The average molecular weight is 362 g/mol. The summed E-state index contributed by atoms with van der Waals surface area (Å²) in [7, 11) is 3.27. The van der Waals surface area contributed by atoms with E-state index in [1.54, 1.807) is 14.2 Å². The third-order valence-corrected chi connectivity index (χ3v) is 5.21. The van der Waals surface area contributed by atoms with Crippen molar-refractivity contribution in [2.75, 3.05) is 14.2 Å². The Morgan fingerprint density at radius 3 is 2.46 bits per heavy atom. The zero-order valence-electron chi connectivity index (χ0n) is 14.8. The molecule has 5 heteroatoms. The van der Waals surface area contributed by atoms with Gasteiger partial charge in [0.1, 0.15) is 11.0 Å². The summed E-state index contributed by atoms with van der Waals surface area (Å²) in [6, 6.07) is 16.3. The van der Waals surface area contributed by atoms with Gasteiger partial charge in [-0.15, -0.1) is 0 Å². The average Bonchev–Trinajstić information content (AvgIpc) is 3.10. The quantitative estimate of drug-likeness (QED) is 0.491. The molecule has 0 radical (unpaired) electrons. The number of fused-ring (bicyclic) bond motifs is 1. The van der Waals surface area contributed by atoms with Gasteiger partial charge in [-0.05, 0) is 47.8 Å². The summed E-state index contributed by atoms with van der Waals surface area (Å²) in [5.74, 6) is 1.41. The Bertz CT molecular complexity index is 1090. The minimum atomic E-state index is 0.698. The topological polar surface area (TPSA) is 44.2 Å². The van der Waals surface area contributed by atoms with Crippen LogP contribution in [0.5, 0.6) is 11.5 Å². The van der Waals surface area contributed by atoms with Crippen LogP contribution in [0.2, 0.25) is 0 Å². The monoisotopic (exact) mass is 362 g/mol. The lowest BCUT2D eigenvalue weighted by atomic mass is 10.1. The number of benzene rings is 2. The molecule has 0 aliphatic carbocycles. The van der Waals surface area contributed by atoms with E-state index in [4.69, 9.17) is 14.5 Å². The SMILES string of the molecule is COc1ccc(-c2cnc3c(-c4cccc(C)c4)snc3c2)cc1OC. The molecule has 0 aliphatic heterocycles. The summed E-state index contributed by atoms with van der Waals surface area (Å²) < 4.78 is 15.3. The first-order valence-corrected chi connectivity index (χ1v) is 9.02. The van der Waals surface area contributed by atoms with Crippen LogP contribution < -0.4 is 9.47 Å². The van der Waals surface area contributed by atoms with Gasteiger partial charge in [-0.3, -0.25) is 4.98 Å². The van der Waals surface area contributed by atoms with Crippen LogP contribution in [0, 0.1) is 6.92 Å². The van der Waals surface area contributed by atoms with E-state index in [1.807, 2.05) is 24.4 Å². The highest BCUT2D eigenvalue weighted by Gasteiger charge is 2.12. The number of aromatic nitrogens is 2. The van der Waals surface area contributed by atoms with Crippen LogP contribution in [0.15, 0.2) is 54.7 Å². The Balaban J connectivity index is 1.78. The molecule has 0 amide bonds. The molecule has 0 saturated heterocycles. The number of hydrogen-bond donors (Lipinski definition) is 0. The van der Waals surface area contributed by atoms with Gasteiger partial charge in [-0.2, -0.15) is 4.37 Å². The number of ether oxygens (including phenoxy) is 2. The van der Waals surface area contributed by atoms with Gasteiger partial charge in [-0.25, -0.2) is 0 Å². The van der Waals surface area contributed by atoms with E-state index in [-0.39, 0.29) is 0 Å². The number of methoxy groups -OCH3 is 2. The first-order valence-electron chi connectivity index (χ1n) is 8.24. The van der Waals surface area contributed by atoms with Gasteiger partial charge in [0, 0.05) is 11.8 Å². The van der Waals surface area contributed by atoms with Crippen LogP contribution >= 0.6 is 11.5 Å². The Hall–Kier alpha value is -2.92. The molecule has 0 fully saturated rings. The zero-order chi connectivity index (χ0) is 18.1. The van der Waals surface area contributed by atoms with Crippen LogP contribution in [0.4, 0.5) is 0 Å². The van der Waals surface area contributed by atoms with Crippen molar-refractivity contribution in [3.05, 3.63) is 60.3 Å². The highest BCUT2D eigenvalue weighted by atomic mass is 32.1. The molecule has 0 unspecified atom stereocenters. The second-order valence-corrected chi connectivity index (χ2v) is 6.82. The Kier molecular flexibility index (Phi) is 4.31. The van der Waals surface area contributed by atoms with Crippen LogP contribution in [0.3, 0.4) is 0 Å². The van der Waals surface area contributed by atoms with Crippen molar-refractivity contribution in [3.8, 4) is 33.1 Å². The van der Waals surface area contributed by atoms with E-state index in [9.17, 15) is 0 Å². The maximum Gasteiger partial charge on any atom is 0.161 e. The van der Waals surface area contributed by atoms with Crippen molar-refractivity contribution >= 4 is 22.6 Å². The van der Waals surface area contributed by atoms with Crippen molar-refractivity contribution in [3.63, 3.8) is 0 Å². The second kappa shape index (κ2) is 6.77. The lowest BCUT2D eigenvalue weighted by molar-refractivity contribution is 0.355. The van der Waals surface area contributed by atoms with E-state index in [1.165, 1.54) is 17.1 Å². The van der Waals surface area contributed by atoms with Crippen molar-refractivity contribution in [1.29, 1.82) is 0 Å². The number of pyridine rings is 1. The van der Waals surface area contributed by atoms with E-state index >= 15 is 0 Å². The first kappa shape index (κ1) is 16.5. The van der Waals surface area contributed by atoms with E-state index in [2.05, 4.69) is 41.6 Å². The molecule has 0 spiro atoms. The summed E-state index contributed by atoms with van der Waals surface area (Å²) in [5.41, 5.74) is 6.24. The molecule has 0 saturated carbocycles. The molecule has 0 atom stereocenters. The maximum absolute atomic E-state index is 5.40. The lowest BCUT2D eigenvalue weighted by Crippen LogP contribution is -1.91. The molecular weight excluding hydrogens is 344 g/mol. The molecule has 0 N–H and O–H groups in total. The van der Waals surface area contributed by atoms with E-state index in [0.29, 0.717) is 11.5 Å². The summed E-state index contributed by atoms with van der Waals surface area (Å²) in [4.78, 5) is 5.80. The fourth-order valence-electron chi connectivity index (χ4n) is 2.99. The third kappa shape index (κ3) is 2.91. The molecule has 130 valence electrons. The van der Waals surface area contributed by atoms with Gasteiger partial charge < -0.3 is 9.47 Å².